The van der Waals surface area contributed by atoms with E-state index < -0.39 is 12.1 Å². The fourth-order valence-electron chi connectivity index (χ4n) is 5.40. The number of anilines is 4. The molecular formula is C33H35N7O3. The molecule has 1 aromatic heterocycles. The molecule has 3 aromatic carbocycles. The van der Waals surface area contributed by atoms with Crippen LogP contribution in [0.5, 0.6) is 0 Å². The summed E-state index contributed by atoms with van der Waals surface area (Å²) in [4.78, 5) is 38.8. The molecule has 2 aliphatic rings. The fraction of sp³-hybridized carbons (Fsp3) is 0.273. The van der Waals surface area contributed by atoms with Crippen LogP contribution in [0.3, 0.4) is 0 Å². The van der Waals surface area contributed by atoms with Gasteiger partial charge in [-0.2, -0.15) is 0 Å². The molecule has 2 aliphatic heterocycles. The summed E-state index contributed by atoms with van der Waals surface area (Å²) >= 11 is 0. The average molecular weight is 578 g/mol. The molecular weight excluding hydrogens is 542 g/mol. The van der Waals surface area contributed by atoms with Gasteiger partial charge in [-0.1, -0.05) is 42.5 Å². The van der Waals surface area contributed by atoms with Crippen LogP contribution in [0.1, 0.15) is 18.4 Å². The number of rotatable bonds is 8. The van der Waals surface area contributed by atoms with Crippen molar-refractivity contribution in [1.82, 2.24) is 20.2 Å². The average Bonchev–Trinajstić information content (AvgIpc) is 3.56. The van der Waals surface area contributed by atoms with Gasteiger partial charge in [-0.3, -0.25) is 9.69 Å². The molecule has 3 N–H and O–H groups in total. The van der Waals surface area contributed by atoms with Crippen LogP contribution in [0.4, 0.5) is 27.8 Å². The van der Waals surface area contributed by atoms with Gasteiger partial charge in [0.15, 0.2) is 0 Å². The van der Waals surface area contributed by atoms with Crippen molar-refractivity contribution in [3.05, 3.63) is 96.7 Å². The van der Waals surface area contributed by atoms with Crippen LogP contribution in [0.2, 0.25) is 0 Å². The topological polar surface area (TPSA) is 112 Å². The summed E-state index contributed by atoms with van der Waals surface area (Å²) in [6.45, 7) is 4.68. The lowest BCUT2D eigenvalue weighted by molar-refractivity contribution is -0.120. The van der Waals surface area contributed by atoms with E-state index in [1.54, 1.807) is 6.20 Å². The van der Waals surface area contributed by atoms with Crippen molar-refractivity contribution in [2.45, 2.75) is 25.5 Å². The van der Waals surface area contributed by atoms with E-state index >= 15 is 0 Å². The van der Waals surface area contributed by atoms with E-state index in [0.717, 1.165) is 55.1 Å². The number of carbonyl (C=O) groups is 2. The smallest absolute Gasteiger partial charge is 0.410 e. The summed E-state index contributed by atoms with van der Waals surface area (Å²) in [5, 5.41) is 9.62. The van der Waals surface area contributed by atoms with Gasteiger partial charge in [0.25, 0.3) is 0 Å². The molecule has 220 valence electrons. The lowest BCUT2D eigenvalue weighted by atomic mass is 10.1. The zero-order chi connectivity index (χ0) is 29.4. The van der Waals surface area contributed by atoms with Crippen molar-refractivity contribution < 1.29 is 14.3 Å². The second kappa shape index (κ2) is 13.3. The van der Waals surface area contributed by atoms with Crippen molar-refractivity contribution in [3.63, 3.8) is 0 Å². The molecule has 0 spiro atoms. The normalized spacial score (nSPS) is 16.5. The summed E-state index contributed by atoms with van der Waals surface area (Å²) in [5.41, 5.74) is 5.33. The lowest BCUT2D eigenvalue weighted by Crippen LogP contribution is -2.43. The van der Waals surface area contributed by atoms with E-state index in [0.29, 0.717) is 24.6 Å². The minimum absolute atomic E-state index is 0.176. The number of benzene rings is 3. The quantitative estimate of drug-likeness (QED) is 0.267. The first-order valence-corrected chi connectivity index (χ1v) is 14.7. The Morgan fingerprint density at radius 2 is 1.63 bits per heavy atom. The minimum Gasteiger partial charge on any atom is -0.445 e. The first-order chi connectivity index (χ1) is 21.1. The first kappa shape index (κ1) is 28.2. The van der Waals surface area contributed by atoms with E-state index in [4.69, 9.17) is 4.74 Å². The standard InChI is InChI=1S/C33H35N7O3/c41-31(30-7-4-20-40(30)33(42)43-23-24-5-2-1-3-6-24)36-26-10-8-25(9-11-26)29-16-17-35-32(38-29)37-27-12-14-28(15-13-27)39-21-18-34-19-22-39/h1-3,5-6,8-17,30,34H,4,7,18-23H2,(H,36,41)(H,35,37,38)/t30-/m1/s1. The van der Waals surface area contributed by atoms with Gasteiger partial charge in [0.05, 0.1) is 5.69 Å². The summed E-state index contributed by atoms with van der Waals surface area (Å²) in [6, 6.07) is 26.6. The maximum Gasteiger partial charge on any atom is 0.410 e. The number of hydrogen-bond donors (Lipinski definition) is 3. The van der Waals surface area contributed by atoms with Gasteiger partial charge in [-0.25, -0.2) is 14.8 Å². The van der Waals surface area contributed by atoms with E-state index in [9.17, 15) is 9.59 Å². The third-order valence-electron chi connectivity index (χ3n) is 7.70. The Balaban J connectivity index is 1.04. The van der Waals surface area contributed by atoms with Gasteiger partial charge >= 0.3 is 6.09 Å². The first-order valence-electron chi connectivity index (χ1n) is 14.7. The molecule has 3 heterocycles. The van der Waals surface area contributed by atoms with Crippen molar-refractivity contribution >= 4 is 35.0 Å². The Bertz CT molecular complexity index is 1520. The molecule has 1 atom stereocenters. The Kier molecular flexibility index (Phi) is 8.74. The zero-order valence-corrected chi connectivity index (χ0v) is 23.9. The maximum atomic E-state index is 13.1. The maximum absolute atomic E-state index is 13.1. The SMILES string of the molecule is O=C(Nc1ccc(-c2ccnc(Nc3ccc(N4CCNCC4)cc3)n2)cc1)[C@H]1CCCN1C(=O)OCc1ccccc1. The van der Waals surface area contributed by atoms with Gasteiger partial charge < -0.3 is 25.6 Å². The fourth-order valence-corrected chi connectivity index (χ4v) is 5.40. The molecule has 0 unspecified atom stereocenters. The van der Waals surface area contributed by atoms with Crippen LogP contribution in [0.25, 0.3) is 11.3 Å². The number of piperazine rings is 1. The van der Waals surface area contributed by atoms with Gasteiger partial charge in [0.1, 0.15) is 12.6 Å². The highest BCUT2D eigenvalue weighted by atomic mass is 16.6. The summed E-state index contributed by atoms with van der Waals surface area (Å²) < 4.78 is 5.47. The molecule has 0 aliphatic carbocycles. The molecule has 10 heteroatoms. The summed E-state index contributed by atoms with van der Waals surface area (Å²) in [5.74, 6) is 0.281. The van der Waals surface area contributed by atoms with Crippen molar-refractivity contribution in [3.8, 4) is 11.3 Å². The number of ether oxygens (including phenoxy) is 1. The molecule has 6 rings (SSSR count). The van der Waals surface area contributed by atoms with E-state index in [1.807, 2.05) is 72.8 Å². The van der Waals surface area contributed by atoms with E-state index in [1.165, 1.54) is 10.6 Å². The Labute approximate surface area is 251 Å². The number of likely N-dealkylation sites (tertiary alicyclic amines) is 1. The van der Waals surface area contributed by atoms with Crippen molar-refractivity contribution in [2.75, 3.05) is 48.3 Å². The number of nitrogens with zero attached hydrogens (tertiary/aromatic N) is 4. The zero-order valence-electron chi connectivity index (χ0n) is 23.9. The predicted octanol–water partition coefficient (Wildman–Crippen LogP) is 5.04. The third-order valence-corrected chi connectivity index (χ3v) is 7.70. The highest BCUT2D eigenvalue weighted by Crippen LogP contribution is 2.25. The summed E-state index contributed by atoms with van der Waals surface area (Å²) in [7, 11) is 0. The Morgan fingerprint density at radius 1 is 0.884 bits per heavy atom. The second-order valence-corrected chi connectivity index (χ2v) is 10.6. The molecule has 10 nitrogen and oxygen atoms in total. The van der Waals surface area contributed by atoms with Crippen molar-refractivity contribution in [2.24, 2.45) is 0 Å². The van der Waals surface area contributed by atoms with E-state index in [-0.39, 0.29) is 12.5 Å². The minimum atomic E-state index is -0.565. The largest absolute Gasteiger partial charge is 0.445 e. The highest BCUT2D eigenvalue weighted by Gasteiger charge is 2.35. The van der Waals surface area contributed by atoms with Gasteiger partial charge in [-0.15, -0.1) is 0 Å². The number of hydrogen-bond acceptors (Lipinski definition) is 8. The molecule has 2 fully saturated rings. The van der Waals surface area contributed by atoms with Crippen LogP contribution in [0.15, 0.2) is 91.1 Å². The lowest BCUT2D eigenvalue weighted by Gasteiger charge is -2.29. The Hall–Kier alpha value is -4.96. The number of nitrogens with one attached hydrogen (secondary N) is 3. The molecule has 2 amide bonds. The van der Waals surface area contributed by atoms with Gasteiger partial charge in [0.2, 0.25) is 11.9 Å². The molecule has 43 heavy (non-hydrogen) atoms. The molecule has 0 radical (unpaired) electrons. The van der Waals surface area contributed by atoms with E-state index in [2.05, 4.69) is 43.0 Å². The number of aromatic nitrogens is 2. The number of amides is 2. The van der Waals surface area contributed by atoms with Crippen LogP contribution < -0.4 is 20.9 Å². The van der Waals surface area contributed by atoms with Crippen LogP contribution in [0, 0.1) is 0 Å². The summed E-state index contributed by atoms with van der Waals surface area (Å²) in [6.07, 6.45) is 2.60. The molecule has 0 saturated carbocycles. The predicted molar refractivity (Wildman–Crippen MR) is 167 cm³/mol. The molecule has 2 saturated heterocycles. The van der Waals surface area contributed by atoms with Gasteiger partial charge in [-0.05, 0) is 60.9 Å². The molecule has 0 bridgehead atoms. The molecule has 4 aromatic rings. The third kappa shape index (κ3) is 7.10. The monoisotopic (exact) mass is 577 g/mol. The van der Waals surface area contributed by atoms with Crippen molar-refractivity contribution in [1.29, 1.82) is 0 Å². The van der Waals surface area contributed by atoms with Crippen LogP contribution in [-0.4, -0.2) is 65.6 Å². The van der Waals surface area contributed by atoms with Gasteiger partial charge in [0, 0.05) is 61.5 Å². The van der Waals surface area contributed by atoms with Crippen LogP contribution in [-0.2, 0) is 16.1 Å². The highest BCUT2D eigenvalue weighted by molar-refractivity contribution is 5.97. The second-order valence-electron chi connectivity index (χ2n) is 10.6. The Morgan fingerprint density at radius 3 is 2.40 bits per heavy atom. The number of carbonyl (C=O) groups excluding carboxylic acids is 2. The van der Waals surface area contributed by atoms with Crippen LogP contribution >= 0.6 is 0 Å².